The quantitative estimate of drug-likeness (QED) is 0.662. The van der Waals surface area contributed by atoms with E-state index in [1.807, 2.05) is 18.2 Å². The maximum absolute atomic E-state index is 14.0. The first-order valence-corrected chi connectivity index (χ1v) is 6.55. The smallest absolute Gasteiger partial charge is 0.151 e. The highest BCUT2D eigenvalue weighted by Crippen LogP contribution is 2.32. The SMILES string of the molecule is COc1ccc2c(C=O)c(-c3ccccc3F)ccc2c1. The predicted molar refractivity (Wildman–Crippen MR) is 81.3 cm³/mol. The van der Waals surface area contributed by atoms with Crippen LogP contribution in [0, 0.1) is 5.82 Å². The Kier molecular flexibility index (Phi) is 3.40. The largest absolute Gasteiger partial charge is 0.497 e. The predicted octanol–water partition coefficient (Wildman–Crippen LogP) is 4.47. The minimum atomic E-state index is -0.339. The number of hydrogen-bond donors (Lipinski definition) is 0. The lowest BCUT2D eigenvalue weighted by atomic mass is 9.94. The van der Waals surface area contributed by atoms with E-state index in [4.69, 9.17) is 4.74 Å². The van der Waals surface area contributed by atoms with Crippen molar-refractivity contribution in [3.8, 4) is 16.9 Å². The van der Waals surface area contributed by atoms with Crippen LogP contribution in [0.1, 0.15) is 10.4 Å². The number of aldehydes is 1. The van der Waals surface area contributed by atoms with Crippen molar-refractivity contribution in [1.29, 1.82) is 0 Å². The highest BCUT2D eigenvalue weighted by Gasteiger charge is 2.12. The molecule has 3 rings (SSSR count). The molecule has 104 valence electrons. The van der Waals surface area contributed by atoms with Crippen LogP contribution < -0.4 is 4.74 Å². The number of ether oxygens (including phenoxy) is 1. The van der Waals surface area contributed by atoms with Crippen LogP contribution in [-0.4, -0.2) is 13.4 Å². The van der Waals surface area contributed by atoms with Gasteiger partial charge in [-0.15, -0.1) is 0 Å². The van der Waals surface area contributed by atoms with Crippen molar-refractivity contribution in [3.63, 3.8) is 0 Å². The Morgan fingerprint density at radius 2 is 1.81 bits per heavy atom. The first kappa shape index (κ1) is 13.3. The van der Waals surface area contributed by atoms with Gasteiger partial charge < -0.3 is 4.74 Å². The van der Waals surface area contributed by atoms with E-state index < -0.39 is 0 Å². The zero-order valence-corrected chi connectivity index (χ0v) is 11.5. The Hall–Kier alpha value is -2.68. The second kappa shape index (κ2) is 5.37. The van der Waals surface area contributed by atoms with Gasteiger partial charge in [0, 0.05) is 11.1 Å². The summed E-state index contributed by atoms with van der Waals surface area (Å²) in [5, 5.41) is 1.67. The van der Waals surface area contributed by atoms with Gasteiger partial charge in [0.15, 0.2) is 6.29 Å². The lowest BCUT2D eigenvalue weighted by Crippen LogP contribution is -1.93. The van der Waals surface area contributed by atoms with Gasteiger partial charge in [-0.2, -0.15) is 0 Å². The summed E-state index contributed by atoms with van der Waals surface area (Å²) in [5.41, 5.74) is 1.51. The van der Waals surface area contributed by atoms with Gasteiger partial charge in [0.1, 0.15) is 11.6 Å². The Labute approximate surface area is 121 Å². The third-order valence-corrected chi connectivity index (χ3v) is 3.55. The Morgan fingerprint density at radius 3 is 2.52 bits per heavy atom. The summed E-state index contributed by atoms with van der Waals surface area (Å²) in [6.07, 6.45) is 0.774. The number of carbonyl (C=O) groups excluding carboxylic acids is 1. The molecule has 2 nitrogen and oxygen atoms in total. The number of halogens is 1. The fourth-order valence-corrected chi connectivity index (χ4v) is 2.50. The number of carbonyl (C=O) groups is 1. The maximum Gasteiger partial charge on any atom is 0.151 e. The van der Waals surface area contributed by atoms with Crippen molar-refractivity contribution in [1.82, 2.24) is 0 Å². The summed E-state index contributed by atoms with van der Waals surface area (Å²) in [5.74, 6) is 0.381. The molecule has 0 radical (unpaired) electrons. The Balaban J connectivity index is 2.30. The Morgan fingerprint density at radius 1 is 1.00 bits per heavy atom. The van der Waals surface area contributed by atoms with E-state index in [0.29, 0.717) is 16.7 Å². The molecule has 0 N–H and O–H groups in total. The summed E-state index contributed by atoms with van der Waals surface area (Å²) >= 11 is 0. The zero-order chi connectivity index (χ0) is 14.8. The Bertz CT molecular complexity index is 825. The fraction of sp³-hybridized carbons (Fsp3) is 0.0556. The van der Waals surface area contributed by atoms with E-state index in [1.54, 1.807) is 37.4 Å². The molecule has 0 bridgehead atoms. The van der Waals surface area contributed by atoms with Crippen LogP contribution in [0.5, 0.6) is 5.75 Å². The minimum absolute atomic E-state index is 0.339. The molecular weight excluding hydrogens is 267 g/mol. The third kappa shape index (κ3) is 2.27. The summed E-state index contributed by atoms with van der Waals surface area (Å²) in [4.78, 5) is 11.5. The topological polar surface area (TPSA) is 26.3 Å². The summed E-state index contributed by atoms with van der Waals surface area (Å²) in [6, 6.07) is 15.6. The summed E-state index contributed by atoms with van der Waals surface area (Å²) in [6.45, 7) is 0. The number of hydrogen-bond acceptors (Lipinski definition) is 2. The molecule has 0 fully saturated rings. The molecule has 3 aromatic carbocycles. The standard InChI is InChI=1S/C18H13FO2/c1-21-13-7-9-14-12(10-13)6-8-15(17(14)11-20)16-4-2-3-5-18(16)19/h2-11H,1H3. The molecule has 3 aromatic rings. The van der Waals surface area contributed by atoms with Gasteiger partial charge in [-0.3, -0.25) is 4.79 Å². The molecule has 0 heterocycles. The van der Waals surface area contributed by atoms with Crippen LogP contribution in [0.4, 0.5) is 4.39 Å². The van der Waals surface area contributed by atoms with Gasteiger partial charge >= 0.3 is 0 Å². The highest BCUT2D eigenvalue weighted by molar-refractivity contribution is 6.05. The lowest BCUT2D eigenvalue weighted by molar-refractivity contribution is 0.112. The van der Waals surface area contributed by atoms with Gasteiger partial charge in [-0.05, 0) is 40.6 Å². The van der Waals surface area contributed by atoms with E-state index in [1.165, 1.54) is 6.07 Å². The molecule has 0 saturated heterocycles. The molecule has 0 spiro atoms. The van der Waals surface area contributed by atoms with E-state index in [-0.39, 0.29) is 5.82 Å². The second-order valence-corrected chi connectivity index (χ2v) is 4.71. The molecular formula is C18H13FO2. The molecule has 0 aliphatic rings. The van der Waals surface area contributed by atoms with Crippen molar-refractivity contribution in [2.45, 2.75) is 0 Å². The lowest BCUT2D eigenvalue weighted by Gasteiger charge is -2.10. The molecule has 0 saturated carbocycles. The monoisotopic (exact) mass is 280 g/mol. The number of benzene rings is 3. The molecule has 21 heavy (non-hydrogen) atoms. The molecule has 0 amide bonds. The van der Waals surface area contributed by atoms with E-state index >= 15 is 0 Å². The zero-order valence-electron chi connectivity index (χ0n) is 11.5. The van der Waals surface area contributed by atoms with Crippen LogP contribution in [0.25, 0.3) is 21.9 Å². The number of methoxy groups -OCH3 is 1. The van der Waals surface area contributed by atoms with Crippen molar-refractivity contribution < 1.29 is 13.9 Å². The van der Waals surface area contributed by atoms with E-state index in [2.05, 4.69) is 0 Å². The average molecular weight is 280 g/mol. The first-order valence-electron chi connectivity index (χ1n) is 6.55. The summed E-state index contributed by atoms with van der Waals surface area (Å²) < 4.78 is 19.2. The van der Waals surface area contributed by atoms with Crippen LogP contribution in [0.3, 0.4) is 0 Å². The summed E-state index contributed by atoms with van der Waals surface area (Å²) in [7, 11) is 1.59. The molecule has 0 atom stereocenters. The van der Waals surface area contributed by atoms with Gasteiger partial charge in [0.25, 0.3) is 0 Å². The second-order valence-electron chi connectivity index (χ2n) is 4.71. The molecule has 0 unspecified atom stereocenters. The van der Waals surface area contributed by atoms with Crippen molar-refractivity contribution in [2.75, 3.05) is 7.11 Å². The van der Waals surface area contributed by atoms with E-state index in [9.17, 15) is 9.18 Å². The van der Waals surface area contributed by atoms with Gasteiger partial charge in [0.05, 0.1) is 7.11 Å². The first-order chi connectivity index (χ1) is 10.2. The van der Waals surface area contributed by atoms with Crippen molar-refractivity contribution >= 4 is 17.1 Å². The minimum Gasteiger partial charge on any atom is -0.497 e. The average Bonchev–Trinajstić information content (AvgIpc) is 2.53. The molecule has 3 heteroatoms. The van der Waals surface area contributed by atoms with Gasteiger partial charge in [-0.25, -0.2) is 4.39 Å². The van der Waals surface area contributed by atoms with Crippen LogP contribution >= 0.6 is 0 Å². The molecule has 0 aromatic heterocycles. The molecule has 0 aliphatic carbocycles. The number of rotatable bonds is 3. The molecule has 0 aliphatic heterocycles. The van der Waals surface area contributed by atoms with Crippen molar-refractivity contribution in [2.24, 2.45) is 0 Å². The third-order valence-electron chi connectivity index (χ3n) is 3.55. The highest BCUT2D eigenvalue weighted by atomic mass is 19.1. The van der Waals surface area contributed by atoms with Crippen LogP contribution in [-0.2, 0) is 0 Å². The van der Waals surface area contributed by atoms with Crippen LogP contribution in [0.2, 0.25) is 0 Å². The maximum atomic E-state index is 14.0. The van der Waals surface area contributed by atoms with E-state index in [0.717, 1.165) is 22.8 Å². The van der Waals surface area contributed by atoms with Gasteiger partial charge in [0.2, 0.25) is 0 Å². The van der Waals surface area contributed by atoms with Crippen molar-refractivity contribution in [3.05, 3.63) is 66.0 Å². The normalized spacial score (nSPS) is 10.6. The van der Waals surface area contributed by atoms with Crippen LogP contribution in [0.15, 0.2) is 54.6 Å². The fourth-order valence-electron chi connectivity index (χ4n) is 2.50. The van der Waals surface area contributed by atoms with Gasteiger partial charge in [-0.1, -0.05) is 30.3 Å². The number of fused-ring (bicyclic) bond motifs is 1.